The molecule has 3 heterocycles. The second-order valence-corrected chi connectivity index (χ2v) is 10.9. The Morgan fingerprint density at radius 2 is 2.23 bits per heavy atom. The van der Waals surface area contributed by atoms with Crippen molar-refractivity contribution in [1.29, 1.82) is 0 Å². The summed E-state index contributed by atoms with van der Waals surface area (Å²) in [6.45, 7) is 2.55. The van der Waals surface area contributed by atoms with Gasteiger partial charge in [-0.3, -0.25) is 9.78 Å². The van der Waals surface area contributed by atoms with Gasteiger partial charge in [-0.2, -0.15) is 4.31 Å². The lowest BCUT2D eigenvalue weighted by atomic mass is 9.98. The zero-order chi connectivity index (χ0) is 18.7. The largest absolute Gasteiger partial charge is 0.349 e. The summed E-state index contributed by atoms with van der Waals surface area (Å²) in [6, 6.07) is 6.88. The zero-order valence-corrected chi connectivity index (χ0v) is 17.5. The fourth-order valence-corrected chi connectivity index (χ4v) is 6.67. The maximum Gasteiger partial charge on any atom is 0.252 e. The molecule has 2 aromatic heterocycles. The third kappa shape index (κ3) is 4.33. The van der Waals surface area contributed by atoms with Gasteiger partial charge in [-0.25, -0.2) is 8.42 Å². The molecule has 1 saturated heterocycles. The highest BCUT2D eigenvalue weighted by Gasteiger charge is 2.34. The molecule has 2 unspecified atom stereocenters. The highest BCUT2D eigenvalue weighted by Crippen LogP contribution is 2.31. The highest BCUT2D eigenvalue weighted by molar-refractivity contribution is 9.11. The Balaban J connectivity index is 1.67. The Labute approximate surface area is 165 Å². The third-order valence-corrected chi connectivity index (χ3v) is 8.40. The lowest BCUT2D eigenvalue weighted by Gasteiger charge is -2.31. The molecule has 3 rings (SSSR count). The lowest BCUT2D eigenvalue weighted by Crippen LogP contribution is -2.45. The van der Waals surface area contributed by atoms with Gasteiger partial charge in [0.15, 0.2) is 0 Å². The van der Waals surface area contributed by atoms with E-state index in [1.807, 2.05) is 19.1 Å². The van der Waals surface area contributed by atoms with Crippen molar-refractivity contribution >= 4 is 43.2 Å². The fraction of sp³-hybridized carbons (Fsp3) is 0.412. The van der Waals surface area contributed by atoms with Gasteiger partial charge in [-0.15, -0.1) is 11.3 Å². The van der Waals surface area contributed by atoms with Crippen molar-refractivity contribution in [2.24, 2.45) is 5.92 Å². The first-order valence-corrected chi connectivity index (χ1v) is 11.4. The minimum atomic E-state index is -3.56. The highest BCUT2D eigenvalue weighted by atomic mass is 79.9. The molecule has 0 saturated carbocycles. The van der Waals surface area contributed by atoms with Gasteiger partial charge in [0, 0.05) is 25.5 Å². The first-order chi connectivity index (χ1) is 12.4. The molecule has 1 fully saturated rings. The molecule has 1 N–H and O–H groups in total. The van der Waals surface area contributed by atoms with Crippen LogP contribution in [0.5, 0.6) is 0 Å². The summed E-state index contributed by atoms with van der Waals surface area (Å²) in [6.07, 6.45) is 4.76. The van der Waals surface area contributed by atoms with Gasteiger partial charge in [0.2, 0.25) is 5.91 Å². The molecule has 6 nitrogen and oxygen atoms in total. The Bertz CT molecular complexity index is 870. The normalized spacial score (nSPS) is 19.8. The van der Waals surface area contributed by atoms with E-state index in [1.165, 1.54) is 15.6 Å². The number of carbonyl (C=O) groups is 1. The SMILES string of the molecule is CC(NC(=O)C1CCCN(S(=O)(=O)c2ccc(Br)s2)C1)c1cccnc1. The number of halogens is 1. The van der Waals surface area contributed by atoms with E-state index in [0.29, 0.717) is 23.6 Å². The number of sulfonamides is 1. The number of thiophene rings is 1. The second-order valence-electron chi connectivity index (χ2n) is 6.28. The molecular weight excluding hydrogens is 438 g/mol. The van der Waals surface area contributed by atoms with Gasteiger partial charge in [0.05, 0.1) is 15.7 Å². The van der Waals surface area contributed by atoms with Gasteiger partial charge in [0.25, 0.3) is 10.0 Å². The van der Waals surface area contributed by atoms with Crippen LogP contribution in [-0.4, -0.2) is 36.7 Å². The lowest BCUT2D eigenvalue weighted by molar-refractivity contribution is -0.126. The maximum atomic E-state index is 12.8. The number of nitrogens with one attached hydrogen (secondary N) is 1. The Morgan fingerprint density at radius 3 is 2.88 bits per heavy atom. The molecule has 0 aliphatic carbocycles. The molecule has 26 heavy (non-hydrogen) atoms. The smallest absolute Gasteiger partial charge is 0.252 e. The van der Waals surface area contributed by atoms with E-state index in [9.17, 15) is 13.2 Å². The van der Waals surface area contributed by atoms with Gasteiger partial charge >= 0.3 is 0 Å². The van der Waals surface area contributed by atoms with Crippen molar-refractivity contribution in [3.63, 3.8) is 0 Å². The van der Waals surface area contributed by atoms with Crippen LogP contribution in [-0.2, 0) is 14.8 Å². The van der Waals surface area contributed by atoms with Crippen molar-refractivity contribution in [3.8, 4) is 0 Å². The number of hydrogen-bond acceptors (Lipinski definition) is 5. The van der Waals surface area contributed by atoms with E-state index >= 15 is 0 Å². The molecule has 1 amide bonds. The van der Waals surface area contributed by atoms with Gasteiger partial charge in [-0.1, -0.05) is 6.07 Å². The van der Waals surface area contributed by atoms with Crippen molar-refractivity contribution in [3.05, 3.63) is 46.0 Å². The van der Waals surface area contributed by atoms with Crippen LogP contribution >= 0.6 is 27.3 Å². The van der Waals surface area contributed by atoms with E-state index in [4.69, 9.17) is 0 Å². The number of hydrogen-bond donors (Lipinski definition) is 1. The van der Waals surface area contributed by atoms with Crippen LogP contribution in [0.25, 0.3) is 0 Å². The van der Waals surface area contributed by atoms with Crippen LogP contribution in [0.3, 0.4) is 0 Å². The molecule has 2 atom stereocenters. The van der Waals surface area contributed by atoms with Crippen LogP contribution in [0.15, 0.2) is 44.7 Å². The number of pyridine rings is 1. The summed E-state index contributed by atoms with van der Waals surface area (Å²) in [4.78, 5) is 16.7. The molecule has 1 aliphatic heterocycles. The summed E-state index contributed by atoms with van der Waals surface area (Å²) >= 11 is 4.48. The molecule has 1 aliphatic rings. The van der Waals surface area contributed by atoms with Crippen molar-refractivity contribution in [2.45, 2.75) is 30.0 Å². The van der Waals surface area contributed by atoms with Crippen molar-refractivity contribution in [1.82, 2.24) is 14.6 Å². The summed E-state index contributed by atoms with van der Waals surface area (Å²) in [5.74, 6) is -0.463. The molecule has 0 aromatic carbocycles. The number of carbonyl (C=O) groups excluding carboxylic acids is 1. The van der Waals surface area contributed by atoms with E-state index in [0.717, 1.165) is 9.35 Å². The number of aromatic nitrogens is 1. The Hall–Kier alpha value is -1.29. The molecule has 140 valence electrons. The third-order valence-electron chi connectivity index (χ3n) is 4.44. The molecule has 9 heteroatoms. The van der Waals surface area contributed by atoms with Crippen LogP contribution in [0.1, 0.15) is 31.4 Å². The van der Waals surface area contributed by atoms with Crippen LogP contribution in [0.4, 0.5) is 0 Å². The van der Waals surface area contributed by atoms with E-state index < -0.39 is 10.0 Å². The van der Waals surface area contributed by atoms with Gasteiger partial charge in [0.1, 0.15) is 4.21 Å². The zero-order valence-electron chi connectivity index (χ0n) is 14.3. The molecule has 2 aromatic rings. The predicted octanol–water partition coefficient (Wildman–Crippen LogP) is 3.18. The summed E-state index contributed by atoms with van der Waals surface area (Å²) in [7, 11) is -3.56. The fourth-order valence-electron chi connectivity index (χ4n) is 2.98. The summed E-state index contributed by atoms with van der Waals surface area (Å²) in [5.41, 5.74) is 0.921. The van der Waals surface area contributed by atoms with Crippen molar-refractivity contribution < 1.29 is 13.2 Å². The summed E-state index contributed by atoms with van der Waals surface area (Å²) in [5, 5.41) is 2.98. The minimum Gasteiger partial charge on any atom is -0.349 e. The van der Waals surface area contributed by atoms with Gasteiger partial charge in [-0.05, 0) is 59.5 Å². The molecular formula is C17H20BrN3O3S2. The first-order valence-electron chi connectivity index (χ1n) is 8.33. The predicted molar refractivity (Wildman–Crippen MR) is 104 cm³/mol. The van der Waals surface area contributed by atoms with E-state index in [1.54, 1.807) is 24.5 Å². The number of nitrogens with zero attached hydrogens (tertiary/aromatic N) is 2. The molecule has 0 spiro atoms. The molecule has 0 radical (unpaired) electrons. The average molecular weight is 458 g/mol. The van der Waals surface area contributed by atoms with E-state index in [-0.39, 0.29) is 24.4 Å². The Kier molecular flexibility index (Phi) is 6.11. The van der Waals surface area contributed by atoms with Crippen LogP contribution in [0, 0.1) is 5.92 Å². The standard InChI is InChI=1S/C17H20BrN3O3S2/c1-12(13-4-2-8-19-10-13)20-17(22)14-5-3-9-21(11-14)26(23,24)16-7-6-15(18)25-16/h2,4,6-8,10,12,14H,3,5,9,11H2,1H3,(H,20,22). The number of rotatable bonds is 5. The topological polar surface area (TPSA) is 79.4 Å². The quantitative estimate of drug-likeness (QED) is 0.747. The van der Waals surface area contributed by atoms with Crippen LogP contribution < -0.4 is 5.32 Å². The Morgan fingerprint density at radius 1 is 1.42 bits per heavy atom. The van der Waals surface area contributed by atoms with Crippen LogP contribution in [0.2, 0.25) is 0 Å². The first kappa shape index (κ1) is 19.5. The second kappa shape index (κ2) is 8.16. The monoisotopic (exact) mass is 457 g/mol. The van der Waals surface area contributed by atoms with Gasteiger partial charge < -0.3 is 5.32 Å². The summed E-state index contributed by atoms with van der Waals surface area (Å²) < 4.78 is 28.1. The van der Waals surface area contributed by atoms with Crippen molar-refractivity contribution in [2.75, 3.05) is 13.1 Å². The average Bonchev–Trinajstić information content (AvgIpc) is 3.10. The minimum absolute atomic E-state index is 0.117. The maximum absolute atomic E-state index is 12.8. The number of piperidine rings is 1. The number of amides is 1. The van der Waals surface area contributed by atoms with E-state index in [2.05, 4.69) is 26.2 Å². The molecule has 0 bridgehead atoms.